The van der Waals surface area contributed by atoms with E-state index in [0.29, 0.717) is 19.0 Å². The molecule has 3 atom stereocenters. The van der Waals surface area contributed by atoms with E-state index in [2.05, 4.69) is 0 Å². The standard InChI is InChI=1S/C32H32O4P2/c1-25(33)36-32-23-31(38(35,29-18-10-4-11-19-29)30-20-12-5-13-21-30)22-26(32)24-37(34,27-14-6-2-7-15-27)28-16-8-3-9-17-28/h2-21,26,31-32H,22-24H2,1H3/t26-,31+,32+/m1/s1. The molecule has 194 valence electrons. The summed E-state index contributed by atoms with van der Waals surface area (Å²) in [5, 5.41) is 3.16. The molecule has 0 heterocycles. The molecule has 0 amide bonds. The Morgan fingerprint density at radius 1 is 0.658 bits per heavy atom. The number of benzene rings is 4. The van der Waals surface area contributed by atoms with Crippen LogP contribution in [0.5, 0.6) is 0 Å². The minimum absolute atomic E-state index is 0.198. The minimum Gasteiger partial charge on any atom is -0.462 e. The van der Waals surface area contributed by atoms with E-state index in [1.165, 1.54) is 6.92 Å². The zero-order valence-electron chi connectivity index (χ0n) is 21.4. The van der Waals surface area contributed by atoms with E-state index in [1.54, 1.807) is 0 Å². The molecule has 0 radical (unpaired) electrons. The van der Waals surface area contributed by atoms with Crippen LogP contribution in [0.1, 0.15) is 19.8 Å². The van der Waals surface area contributed by atoms with E-state index in [9.17, 15) is 9.36 Å². The van der Waals surface area contributed by atoms with Gasteiger partial charge in [0.05, 0.1) is 0 Å². The van der Waals surface area contributed by atoms with E-state index >= 15 is 4.57 Å². The Morgan fingerprint density at radius 2 is 1.05 bits per heavy atom. The van der Waals surface area contributed by atoms with Crippen LogP contribution < -0.4 is 21.2 Å². The molecular weight excluding hydrogens is 510 g/mol. The number of carbonyl (C=O) groups excluding carboxylic acids is 1. The molecule has 0 spiro atoms. The van der Waals surface area contributed by atoms with Crippen molar-refractivity contribution in [2.24, 2.45) is 5.92 Å². The third-order valence-corrected chi connectivity index (χ3v) is 14.4. The first-order valence-electron chi connectivity index (χ1n) is 13.0. The molecule has 1 aliphatic carbocycles. The van der Waals surface area contributed by atoms with Gasteiger partial charge in [0.15, 0.2) is 0 Å². The smallest absolute Gasteiger partial charge is 0.302 e. The fourth-order valence-electron chi connectivity index (χ4n) is 5.80. The Kier molecular flexibility index (Phi) is 7.84. The van der Waals surface area contributed by atoms with Crippen LogP contribution in [-0.2, 0) is 18.7 Å². The van der Waals surface area contributed by atoms with Crippen LogP contribution >= 0.6 is 14.3 Å². The molecule has 4 aromatic carbocycles. The van der Waals surface area contributed by atoms with Crippen molar-refractivity contribution in [1.29, 1.82) is 0 Å². The summed E-state index contributed by atoms with van der Waals surface area (Å²) >= 11 is 0. The third kappa shape index (κ3) is 5.21. The van der Waals surface area contributed by atoms with Crippen molar-refractivity contribution in [3.8, 4) is 0 Å². The SMILES string of the molecule is CC(=O)O[C@H]1C[C@@H](P(=O)(c2ccccc2)c2ccccc2)C[C@@H]1CP(=O)(c1ccccc1)c1ccccc1. The van der Waals surface area contributed by atoms with Gasteiger partial charge in [-0.25, -0.2) is 0 Å². The Bertz CT molecular complexity index is 1370. The summed E-state index contributed by atoms with van der Waals surface area (Å²) in [5.74, 6) is -0.569. The average Bonchev–Trinajstić information content (AvgIpc) is 3.35. The van der Waals surface area contributed by atoms with Crippen molar-refractivity contribution < 1.29 is 18.7 Å². The van der Waals surface area contributed by atoms with E-state index in [0.717, 1.165) is 21.2 Å². The van der Waals surface area contributed by atoms with Gasteiger partial charge in [0.25, 0.3) is 0 Å². The summed E-state index contributed by atoms with van der Waals surface area (Å²) in [5.41, 5.74) is -0.235. The second-order valence-electron chi connectivity index (χ2n) is 9.96. The summed E-state index contributed by atoms with van der Waals surface area (Å²) in [6.07, 6.45) is 0.912. The molecule has 0 aromatic heterocycles. The molecule has 0 saturated heterocycles. The van der Waals surface area contributed by atoms with Crippen molar-refractivity contribution in [2.75, 3.05) is 6.16 Å². The van der Waals surface area contributed by atoms with Gasteiger partial charge in [0.1, 0.15) is 20.4 Å². The first-order chi connectivity index (χ1) is 18.4. The van der Waals surface area contributed by atoms with Crippen molar-refractivity contribution in [1.82, 2.24) is 0 Å². The lowest BCUT2D eigenvalue weighted by Crippen LogP contribution is -2.28. The molecule has 0 N–H and O–H groups in total. The quantitative estimate of drug-likeness (QED) is 0.211. The Hall–Kier alpha value is -3.19. The zero-order valence-corrected chi connectivity index (χ0v) is 23.2. The van der Waals surface area contributed by atoms with Crippen molar-refractivity contribution in [3.63, 3.8) is 0 Å². The molecule has 1 fully saturated rings. The lowest BCUT2D eigenvalue weighted by atomic mass is 10.1. The summed E-state index contributed by atoms with van der Waals surface area (Å²) in [6.45, 7) is 1.41. The molecule has 0 unspecified atom stereocenters. The second-order valence-corrected chi connectivity index (χ2v) is 15.9. The number of ether oxygens (including phenoxy) is 1. The molecule has 1 saturated carbocycles. The maximum absolute atomic E-state index is 15.1. The van der Waals surface area contributed by atoms with Crippen LogP contribution in [0.2, 0.25) is 0 Å². The zero-order chi connectivity index (χ0) is 26.6. The Morgan fingerprint density at radius 3 is 1.45 bits per heavy atom. The predicted molar refractivity (Wildman–Crippen MR) is 156 cm³/mol. The maximum Gasteiger partial charge on any atom is 0.302 e. The lowest BCUT2D eigenvalue weighted by Gasteiger charge is -2.27. The van der Waals surface area contributed by atoms with Crippen LogP contribution in [0.25, 0.3) is 0 Å². The molecule has 5 rings (SSSR count). The van der Waals surface area contributed by atoms with Crippen LogP contribution in [-0.4, -0.2) is 23.9 Å². The van der Waals surface area contributed by atoms with Gasteiger partial charge in [0, 0.05) is 45.9 Å². The van der Waals surface area contributed by atoms with Gasteiger partial charge in [-0.05, 0) is 12.8 Å². The van der Waals surface area contributed by atoms with Gasteiger partial charge in [-0.3, -0.25) is 4.79 Å². The van der Waals surface area contributed by atoms with Crippen molar-refractivity contribution in [3.05, 3.63) is 121 Å². The topological polar surface area (TPSA) is 60.4 Å². The molecule has 4 aromatic rings. The highest BCUT2D eigenvalue weighted by atomic mass is 31.2. The van der Waals surface area contributed by atoms with Crippen molar-refractivity contribution >= 4 is 41.5 Å². The van der Waals surface area contributed by atoms with Crippen LogP contribution in [0.3, 0.4) is 0 Å². The summed E-state index contributed by atoms with van der Waals surface area (Å²) in [6, 6.07) is 38.4. The summed E-state index contributed by atoms with van der Waals surface area (Å²) in [4.78, 5) is 12.2. The van der Waals surface area contributed by atoms with Gasteiger partial charge >= 0.3 is 5.97 Å². The first kappa shape index (κ1) is 26.4. The minimum atomic E-state index is -3.08. The van der Waals surface area contributed by atoms with Crippen LogP contribution in [0, 0.1) is 5.92 Å². The number of rotatable bonds is 8. The Balaban J connectivity index is 1.57. The van der Waals surface area contributed by atoms with Gasteiger partial charge in [-0.15, -0.1) is 0 Å². The normalized spacial score (nSPS) is 19.7. The largest absolute Gasteiger partial charge is 0.462 e. The van der Waals surface area contributed by atoms with Gasteiger partial charge < -0.3 is 13.9 Å². The highest BCUT2D eigenvalue weighted by Gasteiger charge is 2.48. The molecule has 38 heavy (non-hydrogen) atoms. The maximum atomic E-state index is 15.1. The predicted octanol–water partition coefficient (Wildman–Crippen LogP) is 5.72. The summed E-state index contributed by atoms with van der Waals surface area (Å²) < 4.78 is 35.8. The average molecular weight is 543 g/mol. The van der Waals surface area contributed by atoms with Crippen LogP contribution in [0.15, 0.2) is 121 Å². The molecule has 1 aliphatic rings. The first-order valence-corrected chi connectivity index (χ1v) is 16.7. The highest BCUT2D eigenvalue weighted by molar-refractivity contribution is 7.79. The Labute approximate surface area is 224 Å². The van der Waals surface area contributed by atoms with E-state index in [-0.39, 0.29) is 17.5 Å². The van der Waals surface area contributed by atoms with E-state index in [1.807, 2.05) is 121 Å². The fourth-order valence-corrected chi connectivity index (χ4v) is 12.3. The summed E-state index contributed by atoms with van der Waals surface area (Å²) in [7, 11) is -6.14. The monoisotopic (exact) mass is 542 g/mol. The number of hydrogen-bond acceptors (Lipinski definition) is 4. The van der Waals surface area contributed by atoms with Crippen molar-refractivity contribution in [2.45, 2.75) is 31.5 Å². The second kappa shape index (κ2) is 11.3. The fraction of sp³-hybridized carbons (Fsp3) is 0.219. The van der Waals surface area contributed by atoms with Crippen LogP contribution in [0.4, 0.5) is 0 Å². The van der Waals surface area contributed by atoms with Gasteiger partial charge in [0.2, 0.25) is 0 Å². The molecule has 0 aliphatic heterocycles. The number of carbonyl (C=O) groups is 1. The molecule has 4 nitrogen and oxygen atoms in total. The van der Waals surface area contributed by atoms with Gasteiger partial charge in [-0.2, -0.15) is 0 Å². The third-order valence-electron chi connectivity index (χ3n) is 7.55. The molecule has 0 bridgehead atoms. The molecule has 6 heteroatoms. The number of hydrogen-bond donors (Lipinski definition) is 0. The lowest BCUT2D eigenvalue weighted by molar-refractivity contribution is -0.147. The highest BCUT2D eigenvalue weighted by Crippen LogP contribution is 2.58. The molecular formula is C32H32O4P2. The number of esters is 1. The van der Waals surface area contributed by atoms with Gasteiger partial charge in [-0.1, -0.05) is 121 Å². The van der Waals surface area contributed by atoms with E-state index in [4.69, 9.17) is 4.74 Å². The van der Waals surface area contributed by atoms with E-state index < -0.39 is 20.4 Å².